The van der Waals surface area contributed by atoms with Crippen LogP contribution in [0.15, 0.2) is 24.4 Å². The Morgan fingerprint density at radius 3 is 2.85 bits per heavy atom. The summed E-state index contributed by atoms with van der Waals surface area (Å²) in [6.07, 6.45) is 5.74. The molecule has 3 aromatic heterocycles. The summed E-state index contributed by atoms with van der Waals surface area (Å²) in [5, 5.41) is 5.69. The number of anilines is 1. The fraction of sp³-hybridized carbons (Fsp3) is 0.500. The van der Waals surface area contributed by atoms with Crippen LogP contribution in [0, 0.1) is 6.92 Å². The van der Waals surface area contributed by atoms with Crippen molar-refractivity contribution in [3.05, 3.63) is 30.1 Å². The van der Waals surface area contributed by atoms with E-state index in [1.807, 2.05) is 36.9 Å². The first-order valence-corrected chi connectivity index (χ1v) is 9.82. The molecule has 140 valence electrons. The van der Waals surface area contributed by atoms with Crippen molar-refractivity contribution in [3.63, 3.8) is 0 Å². The molecule has 2 aliphatic rings. The van der Waals surface area contributed by atoms with E-state index in [0.717, 1.165) is 47.9 Å². The zero-order chi connectivity index (χ0) is 18.4. The molecule has 1 atom stereocenters. The average molecular weight is 363 g/mol. The molecule has 2 fully saturated rings. The van der Waals surface area contributed by atoms with E-state index in [4.69, 9.17) is 9.97 Å². The number of hydrogen-bond donors (Lipinski definition) is 0. The van der Waals surface area contributed by atoms with Gasteiger partial charge in [-0.3, -0.25) is 14.6 Å². The van der Waals surface area contributed by atoms with Gasteiger partial charge in [0.15, 0.2) is 11.5 Å². The summed E-state index contributed by atoms with van der Waals surface area (Å²) in [7, 11) is 1.95. The minimum absolute atomic E-state index is 0.632. The van der Waals surface area contributed by atoms with Gasteiger partial charge < -0.3 is 4.90 Å². The third-order valence-corrected chi connectivity index (χ3v) is 5.87. The summed E-state index contributed by atoms with van der Waals surface area (Å²) in [5.41, 5.74) is 2.67. The third-order valence-electron chi connectivity index (χ3n) is 5.87. The minimum Gasteiger partial charge on any atom is -0.353 e. The minimum atomic E-state index is 0.632. The van der Waals surface area contributed by atoms with Crippen molar-refractivity contribution in [1.29, 1.82) is 0 Å². The molecule has 7 heteroatoms. The van der Waals surface area contributed by atoms with Gasteiger partial charge in [-0.2, -0.15) is 5.10 Å². The van der Waals surface area contributed by atoms with Gasteiger partial charge in [-0.25, -0.2) is 9.97 Å². The molecular formula is C20H25N7. The maximum absolute atomic E-state index is 4.99. The summed E-state index contributed by atoms with van der Waals surface area (Å²) in [6.45, 7) is 6.42. The van der Waals surface area contributed by atoms with Gasteiger partial charge >= 0.3 is 0 Å². The standard InChI is InChI=1S/C20H25N7/c1-14-17-19(25(2)24-14)22-18(16-8-3-5-9-21-16)23-20(17)27-12-11-26-10-6-4-7-15(26)13-27/h3,5,8-9,15H,4,6-7,10-13H2,1-2H3/t15-/m1/s1. The van der Waals surface area contributed by atoms with E-state index in [9.17, 15) is 0 Å². The highest BCUT2D eigenvalue weighted by Gasteiger charge is 2.31. The molecule has 0 saturated carbocycles. The van der Waals surface area contributed by atoms with E-state index in [2.05, 4.69) is 19.9 Å². The molecule has 0 aliphatic carbocycles. The fourth-order valence-corrected chi connectivity index (χ4v) is 4.50. The van der Waals surface area contributed by atoms with E-state index in [1.54, 1.807) is 6.20 Å². The molecule has 0 spiro atoms. The zero-order valence-electron chi connectivity index (χ0n) is 16.0. The summed E-state index contributed by atoms with van der Waals surface area (Å²) in [5.74, 6) is 1.68. The Labute approximate surface area is 159 Å². The number of rotatable bonds is 2. The lowest BCUT2D eigenvalue weighted by Gasteiger charge is -2.44. The van der Waals surface area contributed by atoms with E-state index in [0.29, 0.717) is 11.9 Å². The van der Waals surface area contributed by atoms with Crippen molar-refractivity contribution in [2.45, 2.75) is 32.2 Å². The second-order valence-corrected chi connectivity index (χ2v) is 7.63. The van der Waals surface area contributed by atoms with Gasteiger partial charge in [0, 0.05) is 38.9 Å². The number of pyridine rings is 1. The van der Waals surface area contributed by atoms with Crippen molar-refractivity contribution < 1.29 is 0 Å². The molecule has 7 nitrogen and oxygen atoms in total. The second kappa shape index (κ2) is 6.56. The van der Waals surface area contributed by atoms with Gasteiger partial charge in [0.25, 0.3) is 0 Å². The molecule has 0 N–H and O–H groups in total. The van der Waals surface area contributed by atoms with Crippen LogP contribution in [-0.2, 0) is 7.05 Å². The lowest BCUT2D eigenvalue weighted by molar-refractivity contribution is 0.133. The van der Waals surface area contributed by atoms with Crippen molar-refractivity contribution in [3.8, 4) is 11.5 Å². The Bertz CT molecular complexity index is 965. The molecule has 2 aliphatic heterocycles. The van der Waals surface area contributed by atoms with Crippen LogP contribution in [0.1, 0.15) is 25.0 Å². The highest BCUT2D eigenvalue weighted by Crippen LogP contribution is 2.32. The first-order chi connectivity index (χ1) is 13.2. The van der Waals surface area contributed by atoms with Gasteiger partial charge in [-0.15, -0.1) is 0 Å². The number of nitrogens with zero attached hydrogens (tertiary/aromatic N) is 7. The molecule has 0 aromatic carbocycles. The molecule has 2 saturated heterocycles. The number of piperidine rings is 1. The molecule has 5 heterocycles. The highest BCUT2D eigenvalue weighted by atomic mass is 15.3. The van der Waals surface area contributed by atoms with Crippen molar-refractivity contribution >= 4 is 16.9 Å². The normalized spacial score (nSPS) is 20.8. The van der Waals surface area contributed by atoms with Crippen molar-refractivity contribution in [1.82, 2.24) is 29.6 Å². The van der Waals surface area contributed by atoms with Crippen LogP contribution in [0.4, 0.5) is 5.82 Å². The smallest absolute Gasteiger partial charge is 0.182 e. The Morgan fingerprint density at radius 2 is 2.00 bits per heavy atom. The van der Waals surface area contributed by atoms with Crippen LogP contribution >= 0.6 is 0 Å². The van der Waals surface area contributed by atoms with Gasteiger partial charge in [0.1, 0.15) is 11.5 Å². The Morgan fingerprint density at radius 1 is 1.07 bits per heavy atom. The molecule has 5 rings (SSSR count). The Hall–Kier alpha value is -2.54. The van der Waals surface area contributed by atoms with Gasteiger partial charge in [-0.1, -0.05) is 12.5 Å². The Balaban J connectivity index is 1.62. The summed E-state index contributed by atoms with van der Waals surface area (Å²) < 4.78 is 1.86. The van der Waals surface area contributed by atoms with Crippen molar-refractivity contribution in [2.75, 3.05) is 31.1 Å². The first kappa shape index (κ1) is 16.6. The molecule has 0 amide bonds. The molecule has 0 unspecified atom stereocenters. The third kappa shape index (κ3) is 2.86. The van der Waals surface area contributed by atoms with Crippen LogP contribution in [0.5, 0.6) is 0 Å². The monoisotopic (exact) mass is 363 g/mol. The zero-order valence-corrected chi connectivity index (χ0v) is 16.0. The highest BCUT2D eigenvalue weighted by molar-refractivity contribution is 5.91. The quantitative estimate of drug-likeness (QED) is 0.697. The molecular weight excluding hydrogens is 338 g/mol. The maximum atomic E-state index is 4.99. The summed E-state index contributed by atoms with van der Waals surface area (Å²) in [6, 6.07) is 6.49. The van der Waals surface area contributed by atoms with Crippen LogP contribution < -0.4 is 4.90 Å². The molecule has 0 bridgehead atoms. The van der Waals surface area contributed by atoms with Crippen LogP contribution in [0.2, 0.25) is 0 Å². The molecule has 3 aromatic rings. The Kier molecular flexibility index (Phi) is 4.04. The van der Waals surface area contributed by atoms with Gasteiger partial charge in [0.05, 0.1) is 11.1 Å². The number of fused-ring (bicyclic) bond motifs is 2. The number of hydrogen-bond acceptors (Lipinski definition) is 6. The number of aryl methyl sites for hydroxylation is 2. The maximum Gasteiger partial charge on any atom is 0.182 e. The fourth-order valence-electron chi connectivity index (χ4n) is 4.50. The van der Waals surface area contributed by atoms with Crippen LogP contribution in [0.25, 0.3) is 22.6 Å². The van der Waals surface area contributed by atoms with E-state index < -0.39 is 0 Å². The topological polar surface area (TPSA) is 63.0 Å². The summed E-state index contributed by atoms with van der Waals surface area (Å²) >= 11 is 0. The SMILES string of the molecule is Cc1nn(C)c2nc(-c3ccccn3)nc(N3CCN4CCCC[C@@H]4C3)c12. The first-order valence-electron chi connectivity index (χ1n) is 9.82. The van der Waals surface area contributed by atoms with Gasteiger partial charge in [0.2, 0.25) is 0 Å². The number of aromatic nitrogens is 5. The molecule has 27 heavy (non-hydrogen) atoms. The predicted molar refractivity (Wildman–Crippen MR) is 106 cm³/mol. The lowest BCUT2D eigenvalue weighted by atomic mass is 9.99. The largest absolute Gasteiger partial charge is 0.353 e. The predicted octanol–water partition coefficient (Wildman–Crippen LogP) is 2.41. The van der Waals surface area contributed by atoms with Crippen LogP contribution in [0.3, 0.4) is 0 Å². The lowest BCUT2D eigenvalue weighted by Crippen LogP contribution is -2.55. The van der Waals surface area contributed by atoms with Crippen LogP contribution in [-0.4, -0.2) is 61.9 Å². The van der Waals surface area contributed by atoms with E-state index in [-0.39, 0.29) is 0 Å². The van der Waals surface area contributed by atoms with E-state index in [1.165, 1.54) is 25.8 Å². The van der Waals surface area contributed by atoms with E-state index >= 15 is 0 Å². The average Bonchev–Trinajstić information content (AvgIpc) is 3.01. The van der Waals surface area contributed by atoms with Crippen molar-refractivity contribution in [2.24, 2.45) is 7.05 Å². The second-order valence-electron chi connectivity index (χ2n) is 7.63. The number of piperazine rings is 1. The molecule has 0 radical (unpaired) electrons. The van der Waals surface area contributed by atoms with Gasteiger partial charge in [-0.05, 0) is 38.4 Å². The summed E-state index contributed by atoms with van der Waals surface area (Å²) in [4.78, 5) is 19.3.